The average Bonchev–Trinajstić information content (AvgIpc) is 2.77. The zero-order valence-electron chi connectivity index (χ0n) is 8.74. The molecule has 1 atom stereocenters. The van der Waals surface area contributed by atoms with E-state index in [0.717, 1.165) is 5.69 Å². The van der Waals surface area contributed by atoms with E-state index in [4.69, 9.17) is 5.73 Å². The van der Waals surface area contributed by atoms with Crippen LogP contribution in [0.3, 0.4) is 0 Å². The zero-order chi connectivity index (χ0) is 10.8. The number of anilines is 2. The second-order valence-corrected chi connectivity index (χ2v) is 4.83. The fourth-order valence-electron chi connectivity index (χ4n) is 1.40. The molecule has 0 aliphatic rings. The van der Waals surface area contributed by atoms with Gasteiger partial charge in [-0.2, -0.15) is 5.10 Å². The monoisotopic (exact) mass is 222 g/mol. The van der Waals surface area contributed by atoms with Crippen LogP contribution in [0.2, 0.25) is 0 Å². The van der Waals surface area contributed by atoms with Gasteiger partial charge in [-0.3, -0.25) is 5.10 Å². The molecule has 0 fully saturated rings. The predicted octanol–water partition coefficient (Wildman–Crippen LogP) is 2.53. The van der Waals surface area contributed by atoms with E-state index >= 15 is 0 Å². The highest BCUT2D eigenvalue weighted by molar-refractivity contribution is 7.12. The minimum Gasteiger partial charge on any atom is -0.382 e. The number of hydrogen-bond donors (Lipinski definition) is 3. The maximum Gasteiger partial charge on any atom is 0.142 e. The van der Waals surface area contributed by atoms with Crippen molar-refractivity contribution in [3.05, 3.63) is 28.1 Å². The normalized spacial score (nSPS) is 12.7. The summed E-state index contributed by atoms with van der Waals surface area (Å²) in [7, 11) is 0. The standard InChI is InChI=1S/C10H14N4S/c1-6-3-4-9(15-6)7(2)13-8-5-12-14-10(8)11/h3-5,7,13H,1-2H3,(H3,11,12,14). The molecule has 15 heavy (non-hydrogen) atoms. The van der Waals surface area contributed by atoms with Gasteiger partial charge in [0.25, 0.3) is 0 Å². The van der Waals surface area contributed by atoms with Crippen LogP contribution in [0.25, 0.3) is 0 Å². The third-order valence-corrected chi connectivity index (χ3v) is 3.41. The largest absolute Gasteiger partial charge is 0.382 e. The number of nitrogens with one attached hydrogen (secondary N) is 2. The topological polar surface area (TPSA) is 66.7 Å². The van der Waals surface area contributed by atoms with Crippen LogP contribution in [0, 0.1) is 6.92 Å². The summed E-state index contributed by atoms with van der Waals surface area (Å²) < 4.78 is 0. The Hall–Kier alpha value is -1.49. The Morgan fingerprint density at radius 1 is 1.53 bits per heavy atom. The van der Waals surface area contributed by atoms with Gasteiger partial charge >= 0.3 is 0 Å². The Morgan fingerprint density at radius 2 is 2.33 bits per heavy atom. The SMILES string of the molecule is Cc1ccc(C(C)Nc2cn[nH]c2N)s1. The quantitative estimate of drug-likeness (QED) is 0.747. The molecule has 2 aromatic heterocycles. The number of hydrogen-bond acceptors (Lipinski definition) is 4. The molecule has 2 rings (SSSR count). The third-order valence-electron chi connectivity index (χ3n) is 2.23. The van der Waals surface area contributed by atoms with E-state index in [1.54, 1.807) is 17.5 Å². The van der Waals surface area contributed by atoms with E-state index in [0.29, 0.717) is 5.82 Å². The number of nitrogen functional groups attached to an aromatic ring is 1. The molecule has 2 aromatic rings. The van der Waals surface area contributed by atoms with Crippen molar-refractivity contribution in [2.24, 2.45) is 0 Å². The lowest BCUT2D eigenvalue weighted by atomic mass is 10.2. The smallest absolute Gasteiger partial charge is 0.142 e. The summed E-state index contributed by atoms with van der Waals surface area (Å²) in [5, 5.41) is 9.88. The molecule has 0 radical (unpaired) electrons. The fourth-order valence-corrected chi connectivity index (χ4v) is 2.28. The lowest BCUT2D eigenvalue weighted by Crippen LogP contribution is -2.05. The highest BCUT2D eigenvalue weighted by atomic mass is 32.1. The Bertz CT molecular complexity index is 446. The number of nitrogens with two attached hydrogens (primary N) is 1. The van der Waals surface area contributed by atoms with E-state index < -0.39 is 0 Å². The van der Waals surface area contributed by atoms with Crippen molar-refractivity contribution in [2.45, 2.75) is 19.9 Å². The molecule has 1 unspecified atom stereocenters. The van der Waals surface area contributed by atoms with Crippen LogP contribution in [0.15, 0.2) is 18.3 Å². The molecule has 0 aromatic carbocycles. The Labute approximate surface area is 92.5 Å². The summed E-state index contributed by atoms with van der Waals surface area (Å²) in [5.41, 5.74) is 6.55. The van der Waals surface area contributed by atoms with Crippen LogP contribution < -0.4 is 11.1 Å². The van der Waals surface area contributed by atoms with Crippen molar-refractivity contribution in [3.8, 4) is 0 Å². The van der Waals surface area contributed by atoms with Crippen molar-refractivity contribution in [2.75, 3.05) is 11.1 Å². The molecule has 4 nitrogen and oxygen atoms in total. The number of aryl methyl sites for hydroxylation is 1. The van der Waals surface area contributed by atoms with Crippen LogP contribution in [-0.2, 0) is 0 Å². The summed E-state index contributed by atoms with van der Waals surface area (Å²) >= 11 is 1.79. The first kappa shape index (κ1) is 10.0. The molecule has 0 saturated heterocycles. The van der Waals surface area contributed by atoms with Gasteiger partial charge in [0.05, 0.1) is 17.9 Å². The number of aromatic nitrogens is 2. The van der Waals surface area contributed by atoms with Gasteiger partial charge < -0.3 is 11.1 Å². The van der Waals surface area contributed by atoms with Gasteiger partial charge in [-0.05, 0) is 26.0 Å². The zero-order valence-corrected chi connectivity index (χ0v) is 9.56. The molecule has 0 saturated carbocycles. The van der Waals surface area contributed by atoms with Gasteiger partial charge in [0, 0.05) is 9.75 Å². The third kappa shape index (κ3) is 2.12. The van der Waals surface area contributed by atoms with E-state index in [-0.39, 0.29) is 6.04 Å². The maximum atomic E-state index is 5.69. The highest BCUT2D eigenvalue weighted by Gasteiger charge is 2.09. The molecule has 0 bridgehead atoms. The van der Waals surface area contributed by atoms with Gasteiger partial charge in [-0.15, -0.1) is 11.3 Å². The number of aromatic amines is 1. The van der Waals surface area contributed by atoms with Crippen LogP contribution in [0.4, 0.5) is 11.5 Å². The molecule has 2 heterocycles. The van der Waals surface area contributed by atoms with E-state index in [9.17, 15) is 0 Å². The van der Waals surface area contributed by atoms with Crippen LogP contribution in [0.5, 0.6) is 0 Å². The average molecular weight is 222 g/mol. The minimum absolute atomic E-state index is 0.253. The highest BCUT2D eigenvalue weighted by Crippen LogP contribution is 2.26. The molecule has 4 N–H and O–H groups in total. The summed E-state index contributed by atoms with van der Waals surface area (Å²) in [4.78, 5) is 2.62. The van der Waals surface area contributed by atoms with Crippen molar-refractivity contribution < 1.29 is 0 Å². The van der Waals surface area contributed by atoms with E-state index in [2.05, 4.69) is 41.5 Å². The molecule has 80 valence electrons. The second-order valence-electron chi connectivity index (χ2n) is 3.51. The van der Waals surface area contributed by atoms with Crippen LogP contribution in [-0.4, -0.2) is 10.2 Å². The second kappa shape index (κ2) is 3.94. The summed E-state index contributed by atoms with van der Waals surface area (Å²) in [6.45, 7) is 4.21. The molecular weight excluding hydrogens is 208 g/mol. The lowest BCUT2D eigenvalue weighted by molar-refractivity contribution is 0.909. The van der Waals surface area contributed by atoms with Crippen molar-refractivity contribution >= 4 is 22.8 Å². The molecule has 0 aliphatic heterocycles. The summed E-state index contributed by atoms with van der Waals surface area (Å²) in [5.74, 6) is 0.579. The molecular formula is C10H14N4S. The van der Waals surface area contributed by atoms with E-state index in [1.165, 1.54) is 9.75 Å². The Kier molecular flexibility index (Phi) is 2.64. The Balaban J connectivity index is 2.10. The minimum atomic E-state index is 0.253. The number of rotatable bonds is 3. The molecule has 0 amide bonds. The first-order chi connectivity index (χ1) is 7.16. The van der Waals surface area contributed by atoms with Crippen molar-refractivity contribution in [3.63, 3.8) is 0 Å². The first-order valence-electron chi connectivity index (χ1n) is 4.78. The van der Waals surface area contributed by atoms with Crippen LogP contribution in [0.1, 0.15) is 22.7 Å². The summed E-state index contributed by atoms with van der Waals surface area (Å²) in [6.07, 6.45) is 1.70. The van der Waals surface area contributed by atoms with Gasteiger partial charge in [0.1, 0.15) is 5.82 Å². The maximum absolute atomic E-state index is 5.69. The molecule has 5 heteroatoms. The number of nitrogens with zero attached hydrogens (tertiary/aromatic N) is 1. The van der Waals surface area contributed by atoms with Gasteiger partial charge in [0.2, 0.25) is 0 Å². The Morgan fingerprint density at radius 3 is 2.87 bits per heavy atom. The lowest BCUT2D eigenvalue weighted by Gasteiger charge is -2.12. The molecule has 0 aliphatic carbocycles. The number of thiophene rings is 1. The molecule has 0 spiro atoms. The fraction of sp³-hybridized carbons (Fsp3) is 0.300. The first-order valence-corrected chi connectivity index (χ1v) is 5.60. The van der Waals surface area contributed by atoms with Crippen molar-refractivity contribution in [1.82, 2.24) is 10.2 Å². The van der Waals surface area contributed by atoms with Gasteiger partial charge in [0.15, 0.2) is 0 Å². The van der Waals surface area contributed by atoms with E-state index in [1.807, 2.05) is 0 Å². The van der Waals surface area contributed by atoms with Gasteiger partial charge in [-0.25, -0.2) is 0 Å². The predicted molar refractivity (Wildman–Crippen MR) is 64.1 cm³/mol. The van der Waals surface area contributed by atoms with Gasteiger partial charge in [-0.1, -0.05) is 0 Å². The van der Waals surface area contributed by atoms with Crippen LogP contribution >= 0.6 is 11.3 Å². The van der Waals surface area contributed by atoms with Crippen molar-refractivity contribution in [1.29, 1.82) is 0 Å². The summed E-state index contributed by atoms with van der Waals surface area (Å²) in [6, 6.07) is 4.51. The number of H-pyrrole nitrogens is 1.